The lowest BCUT2D eigenvalue weighted by Gasteiger charge is -2.56. The molecule has 0 aromatic carbocycles. The zero-order chi connectivity index (χ0) is 89.5. The van der Waals surface area contributed by atoms with Gasteiger partial charge >= 0.3 is 48.6 Å². The molecule has 18 rings (SSSR count). The van der Waals surface area contributed by atoms with Crippen molar-refractivity contribution < 1.29 is 106 Å². The van der Waals surface area contributed by atoms with Crippen molar-refractivity contribution in [3.8, 4) is 0 Å². The molecule has 14 aliphatic heterocycles. The molecule has 32 heteroatoms. The maximum atomic E-state index is 13.8. The molecule has 0 aromatic heterocycles. The molecule has 14 saturated heterocycles. The summed E-state index contributed by atoms with van der Waals surface area (Å²) >= 11 is 0. The van der Waals surface area contributed by atoms with Crippen LogP contribution in [0.15, 0.2) is 12.2 Å². The molecule has 8 bridgehead atoms. The largest absolute Gasteiger partial charge is 0.480 e. The predicted octanol–water partition coefficient (Wildman–Crippen LogP) is 11.6. The van der Waals surface area contributed by atoms with E-state index in [0.717, 1.165) is 89.0 Å². The van der Waals surface area contributed by atoms with Gasteiger partial charge in [0, 0.05) is 149 Å². The highest BCUT2D eigenvalue weighted by Gasteiger charge is 2.61. The zero-order valence-electron chi connectivity index (χ0n) is 76.1. The SMILES string of the molecule is C=C1C[C@@H]2CC[C@H]1[C@@H](C(=O)N1CCC3(CC1)CN(C(=O)OC(C)(C)C)C3)N2C(=O)OC(C)(C)C.CC(C)(C)OC(=O)N1CC2(CCN(C(=O)[C@@H]3[C@@H]4CC[C@@H](CC4=O)N3C(=O)OC(C)(C)C)CC2)C1.CC(C)(C)OC(=O)N1CC2(CCN(C(=O)[C@@H]3[C@@H]4CC[C@@H](C[C@H]4O)N3C(=O)OC(C)(C)C)CC2)C1.CC(C)(C)OC(=O)N1[C@H]2CC[C@H]([C@H](O)C2)[C@H]1C(=O)O. The first kappa shape index (κ1) is 93.8. The van der Waals surface area contributed by atoms with Crippen molar-refractivity contribution in [1.82, 2.24) is 49.0 Å². The average Bonchev–Trinajstić information content (AvgIpc) is 0.743. The van der Waals surface area contributed by atoms with Gasteiger partial charge in [-0.25, -0.2) is 38.4 Å². The van der Waals surface area contributed by atoms with Gasteiger partial charge in [-0.15, -0.1) is 0 Å². The molecule has 4 saturated carbocycles. The minimum absolute atomic E-state index is 0.00716. The molecule has 10 amide bonds. The van der Waals surface area contributed by atoms with Gasteiger partial charge in [-0.3, -0.25) is 38.8 Å². The van der Waals surface area contributed by atoms with Crippen LogP contribution in [0.5, 0.6) is 0 Å². The first-order valence-corrected chi connectivity index (χ1v) is 44.4. The van der Waals surface area contributed by atoms with Gasteiger partial charge in [0.15, 0.2) is 0 Å². The Morgan fingerprint density at radius 3 is 0.851 bits per heavy atom. The third-order valence-electron chi connectivity index (χ3n) is 26.5. The van der Waals surface area contributed by atoms with E-state index < -0.39 is 118 Å². The van der Waals surface area contributed by atoms with Crippen LogP contribution >= 0.6 is 0 Å². The molecule has 18 aliphatic rings. The Morgan fingerprint density at radius 2 is 0.570 bits per heavy atom. The molecule has 14 atom stereocenters. The number of aliphatic hydroxyl groups is 2. The summed E-state index contributed by atoms with van der Waals surface area (Å²) < 4.78 is 38.7. The topological polar surface area (TPSA) is 363 Å². The number of carboxylic acid groups (broad SMARTS) is 1. The number of hydrogen-bond acceptors (Lipinski definition) is 21. The molecule has 18 fully saturated rings. The molecule has 14 heterocycles. The van der Waals surface area contributed by atoms with Crippen LogP contribution in [0.25, 0.3) is 0 Å². The lowest BCUT2D eigenvalue weighted by atomic mass is 9.70. The Hall–Kier alpha value is -7.90. The number of rotatable bonds is 4. The number of hydrogen-bond donors (Lipinski definition) is 3. The fourth-order valence-corrected chi connectivity index (χ4v) is 20.9. The summed E-state index contributed by atoms with van der Waals surface area (Å²) in [6.45, 7) is 50.2. The number of Topliss-reactive ketones (excluding diaryl/α,β-unsaturated/α-hetero) is 1. The number of carboxylic acids is 1. The number of ether oxygens (including phenoxy) is 7. The van der Waals surface area contributed by atoms with Crippen molar-refractivity contribution in [2.75, 3.05) is 78.5 Å². The minimum atomic E-state index is -1.07. The number of aliphatic hydroxyl groups excluding tert-OH is 2. The monoisotopic (exact) mass is 1700 g/mol. The zero-order valence-corrected chi connectivity index (χ0v) is 76.1. The van der Waals surface area contributed by atoms with Crippen molar-refractivity contribution in [3.63, 3.8) is 0 Å². The van der Waals surface area contributed by atoms with E-state index in [1.165, 1.54) is 4.90 Å². The van der Waals surface area contributed by atoms with E-state index in [0.29, 0.717) is 111 Å². The Morgan fingerprint density at radius 1 is 0.322 bits per heavy atom. The quantitative estimate of drug-likeness (QED) is 0.174. The molecule has 0 radical (unpaired) electrons. The van der Waals surface area contributed by atoms with Gasteiger partial charge in [-0.05, 0) is 255 Å². The number of aliphatic carboxylic acids is 1. The number of piperidine rings is 11. The molecular weight excluding hydrogens is 1560 g/mol. The van der Waals surface area contributed by atoms with Crippen LogP contribution < -0.4 is 0 Å². The van der Waals surface area contributed by atoms with Crippen molar-refractivity contribution >= 4 is 72.1 Å². The number of carbonyl (C=O) groups is 12. The maximum absolute atomic E-state index is 13.8. The van der Waals surface area contributed by atoms with E-state index in [-0.39, 0.29) is 94.0 Å². The van der Waals surface area contributed by atoms with E-state index in [1.807, 2.05) is 114 Å². The molecule has 0 unspecified atom stereocenters. The second-order valence-corrected chi connectivity index (χ2v) is 44.3. The summed E-state index contributed by atoms with van der Waals surface area (Å²) in [5.41, 5.74) is -2.94. The fraction of sp³-hybridized carbons (Fsp3) is 0.843. The Balaban J connectivity index is 0.000000161. The van der Waals surface area contributed by atoms with E-state index >= 15 is 0 Å². The smallest absolute Gasteiger partial charge is 0.411 e. The first-order chi connectivity index (χ1) is 55.7. The summed E-state index contributed by atoms with van der Waals surface area (Å²) in [6.07, 6.45) is 8.93. The van der Waals surface area contributed by atoms with Crippen LogP contribution in [0.2, 0.25) is 0 Å². The highest BCUT2D eigenvalue weighted by molar-refractivity contribution is 5.96. The summed E-state index contributed by atoms with van der Waals surface area (Å²) in [4.78, 5) is 171. The summed E-state index contributed by atoms with van der Waals surface area (Å²) in [6, 6.07) is -3.65. The van der Waals surface area contributed by atoms with Crippen LogP contribution in [-0.4, -0.2) is 315 Å². The van der Waals surface area contributed by atoms with Crippen LogP contribution in [0.1, 0.15) is 261 Å². The maximum Gasteiger partial charge on any atom is 0.411 e. The lowest BCUT2D eigenvalue weighted by Crippen LogP contribution is -2.68. The highest BCUT2D eigenvalue weighted by atomic mass is 16.6. The Labute approximate surface area is 715 Å². The Bertz CT molecular complexity index is 3740. The van der Waals surface area contributed by atoms with Gasteiger partial charge in [0.25, 0.3) is 0 Å². The van der Waals surface area contributed by atoms with Gasteiger partial charge in [-0.1, -0.05) is 12.2 Å². The minimum Gasteiger partial charge on any atom is -0.480 e. The van der Waals surface area contributed by atoms with E-state index in [9.17, 15) is 72.9 Å². The molecule has 4 aliphatic carbocycles. The van der Waals surface area contributed by atoms with Gasteiger partial charge in [0.2, 0.25) is 17.7 Å². The average molecular weight is 1700 g/mol. The number of nitrogens with zero attached hydrogens (tertiary/aromatic N) is 10. The van der Waals surface area contributed by atoms with Gasteiger partial charge in [-0.2, -0.15) is 0 Å². The molecule has 32 nitrogen and oxygen atoms in total. The van der Waals surface area contributed by atoms with Gasteiger partial charge in [0.05, 0.1) is 12.2 Å². The van der Waals surface area contributed by atoms with Gasteiger partial charge in [0.1, 0.15) is 69.2 Å². The van der Waals surface area contributed by atoms with Crippen molar-refractivity contribution in [3.05, 3.63) is 12.2 Å². The van der Waals surface area contributed by atoms with Crippen LogP contribution in [-0.2, 0) is 57.1 Å². The molecule has 3 spiro atoms. The molecule has 121 heavy (non-hydrogen) atoms. The molecular formula is C89H142N10O22. The highest BCUT2D eigenvalue weighted by Crippen LogP contribution is 2.50. The number of amides is 10. The fourth-order valence-electron chi connectivity index (χ4n) is 20.9. The standard InChI is InChI=1S/C26H41N3O5.C25H41N3O6.C25H39N3O6.C13H21NO5/c1-17-14-18-8-9-19(17)20(29(18)23(32)34-25(5,6)7)21(30)27-12-10-26(11-13-27)15-28(16-26)22(31)33-24(2,3)4;2*1-23(2,3)33-21(31)27-14-25(15-27)9-11-26(12-10-25)20(30)19-17-8-7-16(13-18(17)29)28(19)22(32)34-24(4,5)6;1-13(2,3)19-12(18)14-7-4-5-8(9(15)6-7)10(14)11(16)17/h18-20H,1,8-16H2,2-7H3;16-19,29H,7-15H2,1-6H3;16-17,19H,7-15H2,1-6H3;7-10,15H,4-6H2,1-3H3,(H,16,17)/t18-,19+,20-;16-,17+,18+,19-;16-,17+,19-;7-,8+,9+,10-/m0000/s1. The third kappa shape index (κ3) is 21.9. The van der Waals surface area contributed by atoms with E-state index in [4.69, 9.17) is 33.2 Å². The molecule has 0 aromatic rings. The summed E-state index contributed by atoms with van der Waals surface area (Å²) in [5.74, 6) is -2.32. The van der Waals surface area contributed by atoms with E-state index in [1.54, 1.807) is 75.8 Å². The van der Waals surface area contributed by atoms with Crippen LogP contribution in [0, 0.1) is 39.9 Å². The number of fused-ring (bicyclic) bond motifs is 12. The number of likely N-dealkylation sites (tertiary alicyclic amines) is 6. The van der Waals surface area contributed by atoms with Gasteiger partial charge < -0.3 is 77.9 Å². The summed E-state index contributed by atoms with van der Waals surface area (Å²) in [5, 5.41) is 29.9. The molecule has 3 N–H and O–H groups in total. The molecule has 680 valence electrons. The second kappa shape index (κ2) is 34.6. The third-order valence-corrected chi connectivity index (χ3v) is 26.5. The van der Waals surface area contributed by atoms with Crippen LogP contribution in [0.3, 0.4) is 0 Å². The lowest BCUT2D eigenvalue weighted by molar-refractivity contribution is -0.160. The second-order valence-electron chi connectivity index (χ2n) is 44.3. The van der Waals surface area contributed by atoms with Crippen molar-refractivity contribution in [2.45, 2.75) is 361 Å². The normalized spacial score (nSPS) is 30.1. The van der Waals surface area contributed by atoms with E-state index in [2.05, 4.69) is 6.58 Å². The number of carbonyl (C=O) groups excluding carboxylic acids is 11. The van der Waals surface area contributed by atoms with Crippen LogP contribution in [0.4, 0.5) is 33.6 Å². The van der Waals surface area contributed by atoms with Crippen molar-refractivity contribution in [1.29, 1.82) is 0 Å². The predicted molar refractivity (Wildman–Crippen MR) is 444 cm³/mol. The Kier molecular flexibility index (Phi) is 26.8. The first-order valence-electron chi connectivity index (χ1n) is 44.4. The summed E-state index contributed by atoms with van der Waals surface area (Å²) in [7, 11) is 0. The van der Waals surface area contributed by atoms with Crippen molar-refractivity contribution in [2.24, 2.45) is 39.9 Å². The number of ketones is 1.